The summed E-state index contributed by atoms with van der Waals surface area (Å²) in [6.07, 6.45) is 1.22. The third kappa shape index (κ3) is 4.04. The van der Waals surface area contributed by atoms with Crippen molar-refractivity contribution in [3.63, 3.8) is 0 Å². The average molecular weight is 506 g/mol. The highest BCUT2D eigenvalue weighted by molar-refractivity contribution is 9.10. The van der Waals surface area contributed by atoms with Crippen molar-refractivity contribution in [2.24, 2.45) is 5.92 Å². The Morgan fingerprint density at radius 3 is 2.88 bits per heavy atom. The van der Waals surface area contributed by atoms with Crippen molar-refractivity contribution < 1.29 is 19.1 Å². The molecule has 0 saturated carbocycles. The second-order valence-corrected chi connectivity index (χ2v) is 9.22. The van der Waals surface area contributed by atoms with Crippen molar-refractivity contribution in [1.82, 2.24) is 19.6 Å². The van der Waals surface area contributed by atoms with E-state index in [1.807, 2.05) is 6.92 Å². The molecule has 0 spiro atoms. The highest BCUT2D eigenvalue weighted by atomic mass is 79.9. The van der Waals surface area contributed by atoms with Crippen LogP contribution in [0.25, 0.3) is 0 Å². The maximum absolute atomic E-state index is 13.5. The molecule has 3 amide bonds. The first-order valence-corrected chi connectivity index (χ1v) is 11.2. The lowest BCUT2D eigenvalue weighted by Crippen LogP contribution is -2.45. The molecule has 4 rings (SSSR count). The van der Waals surface area contributed by atoms with Gasteiger partial charge in [-0.25, -0.2) is 9.18 Å². The van der Waals surface area contributed by atoms with Gasteiger partial charge in [0, 0.05) is 49.8 Å². The number of aromatic nitrogens is 2. The van der Waals surface area contributed by atoms with Crippen LogP contribution >= 0.6 is 15.9 Å². The van der Waals surface area contributed by atoms with E-state index in [0.717, 1.165) is 11.3 Å². The first kappa shape index (κ1) is 22.5. The van der Waals surface area contributed by atoms with Crippen LogP contribution in [0, 0.1) is 11.7 Å². The van der Waals surface area contributed by atoms with Gasteiger partial charge in [0.15, 0.2) is 0 Å². The normalized spacial score (nSPS) is 21.5. The average Bonchev–Trinajstić information content (AvgIpc) is 3.04. The molecule has 2 aromatic rings. The standard InChI is InChI=1S/C22H25BrFN5O3/c1-4-19(30)13-9-27(3)21(31)20-15-11-28(12(2)7-18(15)26-29(20)10-13)22(32)25-14-5-6-17(24)16(23)8-14/h4-6,8,12-13,19,30H,1,7,9-11H2,2-3H3,(H,25,32)/t12-,13+,19+/m1/s1. The lowest BCUT2D eigenvalue weighted by molar-refractivity contribution is 0.0724. The number of hydrogen-bond acceptors (Lipinski definition) is 4. The van der Waals surface area contributed by atoms with Gasteiger partial charge >= 0.3 is 6.03 Å². The van der Waals surface area contributed by atoms with Gasteiger partial charge in [0.25, 0.3) is 5.91 Å². The molecule has 2 aliphatic heterocycles. The van der Waals surface area contributed by atoms with Crippen molar-refractivity contribution in [2.45, 2.75) is 38.6 Å². The van der Waals surface area contributed by atoms with E-state index in [1.54, 1.807) is 21.5 Å². The van der Waals surface area contributed by atoms with Gasteiger partial charge in [-0.3, -0.25) is 9.48 Å². The SMILES string of the molecule is C=C[C@H](O)[C@H]1CN(C)C(=O)c2c3c(nn2C1)C[C@@H](C)N(C(=O)Nc1ccc(F)c(Br)c1)C3. The number of carbonyl (C=O) groups excluding carboxylic acids is 2. The number of rotatable bonds is 3. The molecule has 3 atom stereocenters. The number of hydrogen-bond donors (Lipinski definition) is 2. The predicted octanol–water partition coefficient (Wildman–Crippen LogP) is 3.01. The Morgan fingerprint density at radius 1 is 1.44 bits per heavy atom. The number of carbonyl (C=O) groups is 2. The zero-order valence-corrected chi connectivity index (χ0v) is 19.5. The summed E-state index contributed by atoms with van der Waals surface area (Å²) in [5.41, 5.74) is 2.43. The fraction of sp³-hybridized carbons (Fsp3) is 0.409. The summed E-state index contributed by atoms with van der Waals surface area (Å²) in [5, 5.41) is 17.8. The predicted molar refractivity (Wildman–Crippen MR) is 121 cm³/mol. The summed E-state index contributed by atoms with van der Waals surface area (Å²) < 4.78 is 15.4. The van der Waals surface area contributed by atoms with E-state index < -0.39 is 11.9 Å². The van der Waals surface area contributed by atoms with Crippen LogP contribution in [-0.2, 0) is 19.5 Å². The van der Waals surface area contributed by atoms with E-state index in [4.69, 9.17) is 0 Å². The summed E-state index contributed by atoms with van der Waals surface area (Å²) in [7, 11) is 1.70. The van der Waals surface area contributed by atoms with E-state index in [1.165, 1.54) is 24.3 Å². The molecule has 0 unspecified atom stereocenters. The van der Waals surface area contributed by atoms with Crippen LogP contribution < -0.4 is 5.32 Å². The number of anilines is 1. The van der Waals surface area contributed by atoms with Crippen molar-refractivity contribution in [3.8, 4) is 0 Å². The highest BCUT2D eigenvalue weighted by Crippen LogP contribution is 2.30. The molecular formula is C22H25BrFN5O3. The number of amides is 3. The fourth-order valence-electron chi connectivity index (χ4n) is 4.31. The van der Waals surface area contributed by atoms with Crippen LogP contribution in [0.3, 0.4) is 0 Å². The van der Waals surface area contributed by atoms with Gasteiger partial charge in [0.2, 0.25) is 0 Å². The van der Waals surface area contributed by atoms with Crippen molar-refractivity contribution >= 4 is 33.6 Å². The maximum atomic E-state index is 13.5. The van der Waals surface area contributed by atoms with Gasteiger partial charge in [-0.05, 0) is 41.1 Å². The maximum Gasteiger partial charge on any atom is 0.322 e. The molecule has 0 fully saturated rings. The molecule has 0 radical (unpaired) electrons. The molecule has 2 aliphatic rings. The summed E-state index contributed by atoms with van der Waals surface area (Å²) in [5.74, 6) is -0.822. The van der Waals surface area contributed by atoms with Gasteiger partial charge < -0.3 is 20.2 Å². The molecule has 32 heavy (non-hydrogen) atoms. The minimum atomic E-state index is -0.756. The Balaban J connectivity index is 1.62. The Kier molecular flexibility index (Phi) is 6.09. The van der Waals surface area contributed by atoms with E-state index in [9.17, 15) is 19.1 Å². The smallest absolute Gasteiger partial charge is 0.322 e. The largest absolute Gasteiger partial charge is 0.389 e. The topological polar surface area (TPSA) is 90.7 Å². The lowest BCUT2D eigenvalue weighted by Gasteiger charge is -2.33. The molecule has 2 N–H and O–H groups in total. The Morgan fingerprint density at radius 2 is 2.19 bits per heavy atom. The van der Waals surface area contributed by atoms with Gasteiger partial charge in [0.1, 0.15) is 11.5 Å². The first-order valence-electron chi connectivity index (χ1n) is 10.4. The molecule has 1 aromatic heterocycles. The van der Waals surface area contributed by atoms with Gasteiger partial charge in [-0.15, -0.1) is 6.58 Å². The first-order chi connectivity index (χ1) is 15.2. The third-order valence-electron chi connectivity index (χ3n) is 6.10. The number of nitrogens with one attached hydrogen (secondary N) is 1. The molecule has 8 nitrogen and oxygen atoms in total. The Labute approximate surface area is 193 Å². The summed E-state index contributed by atoms with van der Waals surface area (Å²) in [6, 6.07) is 3.79. The number of aliphatic hydroxyl groups is 1. The molecule has 0 bridgehead atoms. The minimum Gasteiger partial charge on any atom is -0.389 e. The molecule has 10 heteroatoms. The molecule has 0 saturated heterocycles. The number of fused-ring (bicyclic) bond motifs is 3. The zero-order valence-electron chi connectivity index (χ0n) is 17.9. The van der Waals surface area contributed by atoms with Crippen LogP contribution in [0.2, 0.25) is 0 Å². The van der Waals surface area contributed by atoms with E-state index >= 15 is 0 Å². The van der Waals surface area contributed by atoms with Crippen LogP contribution in [0.5, 0.6) is 0 Å². The van der Waals surface area contributed by atoms with Crippen LogP contribution in [0.15, 0.2) is 35.3 Å². The molecule has 1 aromatic carbocycles. The van der Waals surface area contributed by atoms with E-state index in [0.29, 0.717) is 30.9 Å². The Hall–Kier alpha value is -2.72. The molecule has 3 heterocycles. The second kappa shape index (κ2) is 8.67. The summed E-state index contributed by atoms with van der Waals surface area (Å²) >= 11 is 3.12. The lowest BCUT2D eigenvalue weighted by atomic mass is 9.99. The van der Waals surface area contributed by atoms with Crippen molar-refractivity contribution in [2.75, 3.05) is 18.9 Å². The van der Waals surface area contributed by atoms with Gasteiger partial charge in [-0.1, -0.05) is 6.08 Å². The molecule has 170 valence electrons. The second-order valence-electron chi connectivity index (χ2n) is 8.37. The number of nitrogens with zero attached hydrogens (tertiary/aromatic N) is 4. The summed E-state index contributed by atoms with van der Waals surface area (Å²) in [6.45, 7) is 6.57. The fourth-order valence-corrected chi connectivity index (χ4v) is 4.69. The van der Waals surface area contributed by atoms with Crippen molar-refractivity contribution in [3.05, 3.63) is 58.1 Å². The number of urea groups is 1. The Bertz CT molecular complexity index is 1090. The molecular weight excluding hydrogens is 481 g/mol. The van der Waals surface area contributed by atoms with Crippen LogP contribution in [0.1, 0.15) is 28.7 Å². The summed E-state index contributed by atoms with van der Waals surface area (Å²) in [4.78, 5) is 29.4. The number of halogens is 2. The number of aliphatic hydroxyl groups excluding tert-OH is 1. The molecule has 0 aliphatic carbocycles. The third-order valence-corrected chi connectivity index (χ3v) is 6.71. The number of benzene rings is 1. The van der Waals surface area contributed by atoms with Gasteiger partial charge in [0.05, 0.1) is 22.8 Å². The monoisotopic (exact) mass is 505 g/mol. The van der Waals surface area contributed by atoms with E-state index in [2.05, 4.69) is 32.9 Å². The van der Waals surface area contributed by atoms with Crippen molar-refractivity contribution in [1.29, 1.82) is 0 Å². The van der Waals surface area contributed by atoms with Crippen LogP contribution in [-0.4, -0.2) is 62.4 Å². The zero-order chi connectivity index (χ0) is 23.2. The highest BCUT2D eigenvalue weighted by Gasteiger charge is 2.37. The van der Waals surface area contributed by atoms with Crippen LogP contribution in [0.4, 0.5) is 14.9 Å². The quantitative estimate of drug-likeness (QED) is 0.627. The minimum absolute atomic E-state index is 0.145. The van der Waals surface area contributed by atoms with E-state index in [-0.39, 0.29) is 34.9 Å². The van der Waals surface area contributed by atoms with Gasteiger partial charge in [-0.2, -0.15) is 5.10 Å².